The minimum atomic E-state index is -1.68. The smallest absolute Gasteiger partial charge is 0.331 e. The molecule has 0 heterocycles. The van der Waals surface area contributed by atoms with Crippen LogP contribution in [0.15, 0.2) is 41.5 Å². The number of nitro groups is 1. The number of allylic oxidation sites excluding steroid dienone is 2. The van der Waals surface area contributed by atoms with Crippen molar-refractivity contribution in [3.05, 3.63) is 62.2 Å². The number of halogens is 1. The molecular formula is C15H12ClNO6. The normalized spacial score (nSPS) is 20.4. The van der Waals surface area contributed by atoms with E-state index in [4.69, 9.17) is 11.6 Å². The molecule has 1 aromatic rings. The van der Waals surface area contributed by atoms with Gasteiger partial charge in [0.25, 0.3) is 5.69 Å². The number of hydrogen-bond acceptors (Lipinski definition) is 4. The van der Waals surface area contributed by atoms with Crippen LogP contribution in [0, 0.1) is 10.1 Å². The van der Waals surface area contributed by atoms with E-state index in [1.807, 2.05) is 0 Å². The largest absolute Gasteiger partial charge is 0.480 e. The molecule has 1 atom stereocenters. The van der Waals surface area contributed by atoms with Gasteiger partial charge in [-0.2, -0.15) is 0 Å². The van der Waals surface area contributed by atoms with Gasteiger partial charge in [0.2, 0.25) is 0 Å². The van der Waals surface area contributed by atoms with Gasteiger partial charge in [-0.25, -0.2) is 4.79 Å². The number of nitro benzene ring substituents is 1. The molecule has 1 aromatic carbocycles. The molecule has 0 saturated heterocycles. The summed E-state index contributed by atoms with van der Waals surface area (Å²) in [5.74, 6) is -2.50. The summed E-state index contributed by atoms with van der Waals surface area (Å²) in [6.45, 7) is 1.58. The summed E-state index contributed by atoms with van der Waals surface area (Å²) in [5, 5.41) is 29.6. The van der Waals surface area contributed by atoms with Crippen LogP contribution in [-0.4, -0.2) is 27.1 Å². The number of rotatable bonds is 4. The van der Waals surface area contributed by atoms with Crippen molar-refractivity contribution < 1.29 is 24.7 Å². The van der Waals surface area contributed by atoms with Crippen LogP contribution in [0.2, 0.25) is 5.02 Å². The van der Waals surface area contributed by atoms with Crippen molar-refractivity contribution in [2.24, 2.45) is 0 Å². The summed E-state index contributed by atoms with van der Waals surface area (Å²) in [7, 11) is 0. The summed E-state index contributed by atoms with van der Waals surface area (Å²) in [4.78, 5) is 33.3. The van der Waals surface area contributed by atoms with Crippen LogP contribution in [0.25, 0.3) is 0 Å². The highest BCUT2D eigenvalue weighted by Crippen LogP contribution is 2.42. The maximum absolute atomic E-state index is 11.9. The molecule has 0 radical (unpaired) electrons. The molecule has 120 valence electrons. The minimum Gasteiger partial charge on any atom is -0.480 e. The molecule has 0 fully saturated rings. The Bertz CT molecular complexity index is 782. The quantitative estimate of drug-likeness (QED) is 0.644. The third-order valence-corrected chi connectivity index (χ3v) is 3.96. The standard InChI is InChI=1S/C15H12ClNO6/c1-8-4-9(13(18)19)7-15(6-8,14(20)21)11-3-2-10(17(22)23)5-12(11)16/h2-6H,7H2,1H3,(H,18,19)(H,20,21). The highest BCUT2D eigenvalue weighted by Gasteiger charge is 2.43. The Balaban J connectivity index is 2.65. The molecule has 7 nitrogen and oxygen atoms in total. The lowest BCUT2D eigenvalue weighted by molar-refractivity contribution is -0.384. The SMILES string of the molecule is CC1=CC(C(=O)O)(c2ccc([N+](=O)[O-])cc2Cl)CC(C(=O)O)=C1. The Morgan fingerprint density at radius 2 is 2.00 bits per heavy atom. The van der Waals surface area contributed by atoms with E-state index < -0.39 is 22.3 Å². The van der Waals surface area contributed by atoms with E-state index in [1.54, 1.807) is 6.92 Å². The average molecular weight is 338 g/mol. The molecule has 0 saturated carbocycles. The molecule has 2 rings (SSSR count). The maximum atomic E-state index is 11.9. The predicted octanol–water partition coefficient (Wildman–Crippen LogP) is 2.93. The fraction of sp³-hybridized carbons (Fsp3) is 0.200. The van der Waals surface area contributed by atoms with Gasteiger partial charge in [-0.1, -0.05) is 23.3 Å². The van der Waals surface area contributed by atoms with Crippen molar-refractivity contribution in [3.63, 3.8) is 0 Å². The van der Waals surface area contributed by atoms with Gasteiger partial charge in [-0.05, 0) is 24.6 Å². The molecule has 1 aliphatic carbocycles. The van der Waals surface area contributed by atoms with Gasteiger partial charge in [0.15, 0.2) is 0 Å². The first-order valence-corrected chi connectivity index (χ1v) is 6.86. The number of carboxylic acid groups (broad SMARTS) is 2. The fourth-order valence-electron chi connectivity index (χ4n) is 2.65. The number of carbonyl (C=O) groups is 2. The highest BCUT2D eigenvalue weighted by molar-refractivity contribution is 6.32. The third kappa shape index (κ3) is 2.95. The van der Waals surface area contributed by atoms with Crippen LogP contribution in [-0.2, 0) is 15.0 Å². The molecule has 0 spiro atoms. The average Bonchev–Trinajstić information content (AvgIpc) is 2.45. The van der Waals surface area contributed by atoms with Gasteiger partial charge in [0.05, 0.1) is 9.95 Å². The summed E-state index contributed by atoms with van der Waals surface area (Å²) in [5.41, 5.74) is -1.45. The molecule has 0 aliphatic heterocycles. The molecule has 2 N–H and O–H groups in total. The van der Waals surface area contributed by atoms with Crippen molar-refractivity contribution in [2.45, 2.75) is 18.8 Å². The Morgan fingerprint density at radius 1 is 1.35 bits per heavy atom. The van der Waals surface area contributed by atoms with Crippen LogP contribution >= 0.6 is 11.6 Å². The zero-order valence-corrected chi connectivity index (χ0v) is 12.7. The lowest BCUT2D eigenvalue weighted by atomic mass is 9.71. The molecule has 23 heavy (non-hydrogen) atoms. The summed E-state index contributed by atoms with van der Waals surface area (Å²) < 4.78 is 0. The fourth-order valence-corrected chi connectivity index (χ4v) is 2.99. The molecule has 8 heteroatoms. The number of carboxylic acids is 2. The van der Waals surface area contributed by atoms with Gasteiger partial charge < -0.3 is 10.2 Å². The van der Waals surface area contributed by atoms with E-state index >= 15 is 0 Å². The lowest BCUT2D eigenvalue weighted by Crippen LogP contribution is -2.37. The topological polar surface area (TPSA) is 118 Å². The van der Waals surface area contributed by atoms with Crippen LogP contribution < -0.4 is 0 Å². The predicted molar refractivity (Wildman–Crippen MR) is 81.5 cm³/mol. The van der Waals surface area contributed by atoms with Crippen LogP contribution in [0.5, 0.6) is 0 Å². The third-order valence-electron chi connectivity index (χ3n) is 3.65. The van der Waals surface area contributed by atoms with Gasteiger partial charge in [-0.3, -0.25) is 14.9 Å². The van der Waals surface area contributed by atoms with E-state index in [1.165, 1.54) is 18.2 Å². The second-order valence-electron chi connectivity index (χ2n) is 5.24. The van der Waals surface area contributed by atoms with Crippen molar-refractivity contribution >= 4 is 29.2 Å². The van der Waals surface area contributed by atoms with Crippen molar-refractivity contribution in [3.8, 4) is 0 Å². The second-order valence-corrected chi connectivity index (χ2v) is 5.64. The first-order valence-electron chi connectivity index (χ1n) is 6.48. The molecular weight excluding hydrogens is 326 g/mol. The number of non-ortho nitro benzene ring substituents is 1. The van der Waals surface area contributed by atoms with Gasteiger partial charge in [0.1, 0.15) is 5.41 Å². The van der Waals surface area contributed by atoms with Crippen molar-refractivity contribution in [2.75, 3.05) is 0 Å². The van der Waals surface area contributed by atoms with Gasteiger partial charge in [-0.15, -0.1) is 0 Å². The monoisotopic (exact) mass is 337 g/mol. The van der Waals surface area contributed by atoms with Crippen LogP contribution in [0.3, 0.4) is 0 Å². The minimum absolute atomic E-state index is 0.0678. The van der Waals surface area contributed by atoms with Crippen molar-refractivity contribution in [1.29, 1.82) is 0 Å². The number of nitrogens with zero attached hydrogens (tertiary/aromatic N) is 1. The summed E-state index contributed by atoms with van der Waals surface area (Å²) in [6, 6.07) is 3.46. The Labute approximate surface area is 135 Å². The van der Waals surface area contributed by atoms with Crippen LogP contribution in [0.1, 0.15) is 18.9 Å². The second kappa shape index (κ2) is 5.85. The molecule has 1 unspecified atom stereocenters. The summed E-state index contributed by atoms with van der Waals surface area (Å²) >= 11 is 6.05. The Kier molecular flexibility index (Phi) is 4.24. The van der Waals surface area contributed by atoms with Crippen molar-refractivity contribution in [1.82, 2.24) is 0 Å². The Morgan fingerprint density at radius 3 is 2.48 bits per heavy atom. The number of hydrogen-bond donors (Lipinski definition) is 2. The number of benzene rings is 1. The lowest BCUT2D eigenvalue weighted by Gasteiger charge is -2.31. The van der Waals surface area contributed by atoms with E-state index in [-0.39, 0.29) is 28.3 Å². The Hall–Kier alpha value is -2.67. The molecule has 0 aromatic heterocycles. The van der Waals surface area contributed by atoms with E-state index in [9.17, 15) is 29.9 Å². The number of aliphatic carboxylic acids is 2. The first kappa shape index (κ1) is 16.7. The maximum Gasteiger partial charge on any atom is 0.331 e. The highest BCUT2D eigenvalue weighted by atomic mass is 35.5. The zero-order valence-electron chi connectivity index (χ0n) is 11.9. The molecule has 1 aliphatic rings. The van der Waals surface area contributed by atoms with Crippen LogP contribution in [0.4, 0.5) is 5.69 Å². The van der Waals surface area contributed by atoms with E-state index in [2.05, 4.69) is 0 Å². The van der Waals surface area contributed by atoms with E-state index in [0.717, 1.165) is 12.1 Å². The van der Waals surface area contributed by atoms with E-state index in [0.29, 0.717) is 5.57 Å². The van der Waals surface area contributed by atoms with Gasteiger partial charge >= 0.3 is 11.9 Å². The molecule has 0 bridgehead atoms. The zero-order chi connectivity index (χ0) is 17.4. The summed E-state index contributed by atoms with van der Waals surface area (Å²) in [6.07, 6.45) is 2.50. The molecule has 0 amide bonds. The van der Waals surface area contributed by atoms with Gasteiger partial charge in [0, 0.05) is 24.1 Å². The first-order chi connectivity index (χ1) is 10.7.